The van der Waals surface area contributed by atoms with Crippen molar-refractivity contribution < 1.29 is 9.59 Å². The topological polar surface area (TPSA) is 34.1 Å². The summed E-state index contributed by atoms with van der Waals surface area (Å²) in [7, 11) is 0. The maximum absolute atomic E-state index is 12.9. The lowest BCUT2D eigenvalue weighted by Gasteiger charge is -2.40. The molecule has 1 aromatic rings. The van der Waals surface area contributed by atoms with Crippen LogP contribution in [0.4, 0.5) is 0 Å². The van der Waals surface area contributed by atoms with Gasteiger partial charge < -0.3 is 0 Å². The summed E-state index contributed by atoms with van der Waals surface area (Å²) in [6.45, 7) is 2.02. The quantitative estimate of drug-likeness (QED) is 0.395. The number of carbonyl (C=O) groups is 2. The molecule has 0 radical (unpaired) electrons. The van der Waals surface area contributed by atoms with E-state index in [1.54, 1.807) is 0 Å². The summed E-state index contributed by atoms with van der Waals surface area (Å²) in [6, 6.07) is 10.7. The molecule has 3 aliphatic rings. The van der Waals surface area contributed by atoms with Gasteiger partial charge in [-0.15, -0.1) is 0 Å². The highest BCUT2D eigenvalue weighted by Crippen LogP contribution is 2.46. The molecule has 3 aliphatic carbocycles. The fourth-order valence-electron chi connectivity index (χ4n) is 6.50. The van der Waals surface area contributed by atoms with Gasteiger partial charge >= 0.3 is 0 Å². The molecule has 0 aliphatic heterocycles. The molecule has 3 saturated carbocycles. The second-order valence-electron chi connectivity index (χ2n) is 10.6. The Kier molecular flexibility index (Phi) is 7.46. The number of ketones is 2. The summed E-state index contributed by atoms with van der Waals surface area (Å²) in [4.78, 5) is 25.7. The highest BCUT2D eigenvalue weighted by atomic mass is 16.1. The Hall–Kier alpha value is -1.70. The van der Waals surface area contributed by atoms with Gasteiger partial charge in [-0.2, -0.15) is 0 Å². The standard InChI is InChI=1S/C29H40O2/c1-22(18-21-29(19-9-20-29)24-12-3-2-4-13-24)27(30)16-8-17-28(31)26-15-7-11-23-10-5-6-14-25(23)26/h2-4,12-13,18,21-23,25-26H,5-11,14-17,19-20H2,1H3/b21-18-. The molecule has 0 heterocycles. The Morgan fingerprint density at radius 1 is 0.968 bits per heavy atom. The summed E-state index contributed by atoms with van der Waals surface area (Å²) in [5, 5.41) is 0. The van der Waals surface area contributed by atoms with Crippen LogP contribution >= 0.6 is 0 Å². The van der Waals surface area contributed by atoms with E-state index < -0.39 is 0 Å². The highest BCUT2D eigenvalue weighted by molar-refractivity contribution is 5.84. The number of rotatable bonds is 9. The van der Waals surface area contributed by atoms with Crippen LogP contribution in [0.3, 0.4) is 0 Å². The van der Waals surface area contributed by atoms with E-state index in [4.69, 9.17) is 0 Å². The maximum atomic E-state index is 12.9. The molecule has 0 amide bonds. The van der Waals surface area contributed by atoms with Crippen LogP contribution in [-0.4, -0.2) is 11.6 Å². The number of hydrogen-bond acceptors (Lipinski definition) is 2. The van der Waals surface area contributed by atoms with Crippen LogP contribution in [0.1, 0.15) is 96.0 Å². The second-order valence-corrected chi connectivity index (χ2v) is 10.6. The third-order valence-electron chi connectivity index (χ3n) is 8.64. The van der Waals surface area contributed by atoms with Crippen molar-refractivity contribution in [2.24, 2.45) is 23.7 Å². The third-order valence-corrected chi connectivity index (χ3v) is 8.64. The monoisotopic (exact) mass is 420 g/mol. The molecule has 0 spiro atoms. The summed E-state index contributed by atoms with van der Waals surface area (Å²) >= 11 is 0. The summed E-state index contributed by atoms with van der Waals surface area (Å²) in [6.07, 6.45) is 18.8. The number of fused-ring (bicyclic) bond motifs is 1. The first-order chi connectivity index (χ1) is 15.1. The van der Waals surface area contributed by atoms with E-state index in [-0.39, 0.29) is 23.0 Å². The lowest BCUT2D eigenvalue weighted by Crippen LogP contribution is -2.35. The largest absolute Gasteiger partial charge is 0.299 e. The van der Waals surface area contributed by atoms with Gasteiger partial charge in [0.15, 0.2) is 0 Å². The van der Waals surface area contributed by atoms with Gasteiger partial charge in [0.2, 0.25) is 0 Å². The van der Waals surface area contributed by atoms with Crippen LogP contribution in [-0.2, 0) is 15.0 Å². The Morgan fingerprint density at radius 3 is 2.45 bits per heavy atom. The molecular formula is C29H40O2. The normalized spacial score (nSPS) is 28.5. The van der Waals surface area contributed by atoms with Crippen LogP contribution in [0.25, 0.3) is 0 Å². The zero-order valence-electron chi connectivity index (χ0n) is 19.4. The molecular weight excluding hydrogens is 380 g/mol. The van der Waals surface area contributed by atoms with Gasteiger partial charge in [0.1, 0.15) is 11.6 Å². The van der Waals surface area contributed by atoms with Gasteiger partial charge in [-0.3, -0.25) is 9.59 Å². The van der Waals surface area contributed by atoms with E-state index in [1.165, 1.54) is 63.4 Å². The first-order valence-corrected chi connectivity index (χ1v) is 12.9. The SMILES string of the molecule is CC(/C=C\C1(c2ccccc2)CCC1)C(=O)CCCC(=O)C1CCCC2CCCCC21. The Labute approximate surface area is 188 Å². The number of Topliss-reactive ketones (excluding diaryl/α,β-unsaturated/α-hetero) is 2. The molecule has 0 saturated heterocycles. The van der Waals surface area contributed by atoms with E-state index in [2.05, 4.69) is 42.5 Å². The van der Waals surface area contributed by atoms with E-state index in [9.17, 15) is 9.59 Å². The van der Waals surface area contributed by atoms with E-state index in [0.717, 1.165) is 18.8 Å². The van der Waals surface area contributed by atoms with Crippen LogP contribution in [0.2, 0.25) is 0 Å². The van der Waals surface area contributed by atoms with Gasteiger partial charge in [-0.25, -0.2) is 0 Å². The number of allylic oxidation sites excluding steroid dienone is 2. The molecule has 2 heteroatoms. The predicted molar refractivity (Wildman–Crippen MR) is 127 cm³/mol. The minimum absolute atomic E-state index is 0.0614. The van der Waals surface area contributed by atoms with Gasteiger partial charge in [0, 0.05) is 30.1 Å². The summed E-state index contributed by atoms with van der Waals surface area (Å²) < 4.78 is 0. The average molecular weight is 421 g/mol. The molecule has 31 heavy (non-hydrogen) atoms. The number of hydrogen-bond donors (Lipinski definition) is 0. The van der Waals surface area contributed by atoms with Crippen LogP contribution in [0, 0.1) is 23.7 Å². The van der Waals surface area contributed by atoms with Gasteiger partial charge in [-0.05, 0) is 49.5 Å². The number of carbonyl (C=O) groups excluding carboxylic acids is 2. The van der Waals surface area contributed by atoms with Crippen molar-refractivity contribution in [2.75, 3.05) is 0 Å². The smallest absolute Gasteiger partial charge is 0.139 e. The molecule has 0 N–H and O–H groups in total. The summed E-state index contributed by atoms with van der Waals surface area (Å²) in [5.74, 6) is 2.40. The molecule has 0 bridgehead atoms. The molecule has 4 unspecified atom stereocenters. The molecule has 2 nitrogen and oxygen atoms in total. The van der Waals surface area contributed by atoms with Crippen molar-refractivity contribution in [3.05, 3.63) is 48.0 Å². The molecule has 4 rings (SSSR count). The molecule has 168 valence electrons. The molecule has 3 fully saturated rings. The van der Waals surface area contributed by atoms with Crippen LogP contribution < -0.4 is 0 Å². The minimum atomic E-state index is -0.0614. The lowest BCUT2D eigenvalue weighted by atomic mass is 9.64. The second kappa shape index (κ2) is 10.3. The van der Waals surface area contributed by atoms with Crippen molar-refractivity contribution in [1.29, 1.82) is 0 Å². The average Bonchev–Trinajstić information content (AvgIpc) is 2.78. The van der Waals surface area contributed by atoms with E-state index in [1.807, 2.05) is 6.92 Å². The first-order valence-electron chi connectivity index (χ1n) is 12.9. The van der Waals surface area contributed by atoms with Crippen LogP contribution in [0.5, 0.6) is 0 Å². The Balaban J connectivity index is 1.25. The zero-order valence-corrected chi connectivity index (χ0v) is 19.4. The predicted octanol–water partition coefficient (Wildman–Crippen LogP) is 7.22. The Morgan fingerprint density at radius 2 is 1.71 bits per heavy atom. The fraction of sp³-hybridized carbons (Fsp3) is 0.655. The van der Waals surface area contributed by atoms with Crippen molar-refractivity contribution in [3.63, 3.8) is 0 Å². The summed E-state index contributed by atoms with van der Waals surface area (Å²) in [5.41, 5.74) is 1.50. The third kappa shape index (κ3) is 5.21. The van der Waals surface area contributed by atoms with E-state index in [0.29, 0.717) is 24.5 Å². The highest BCUT2D eigenvalue weighted by Gasteiger charge is 2.38. The van der Waals surface area contributed by atoms with Gasteiger partial charge in [0.25, 0.3) is 0 Å². The van der Waals surface area contributed by atoms with Gasteiger partial charge in [-0.1, -0.05) is 87.9 Å². The molecule has 4 atom stereocenters. The zero-order chi connectivity index (χ0) is 21.7. The lowest BCUT2D eigenvalue weighted by molar-refractivity contribution is -0.127. The minimum Gasteiger partial charge on any atom is -0.299 e. The van der Waals surface area contributed by atoms with Crippen molar-refractivity contribution in [3.8, 4) is 0 Å². The first kappa shape index (κ1) is 22.5. The fourth-order valence-corrected chi connectivity index (χ4v) is 6.50. The maximum Gasteiger partial charge on any atom is 0.139 e. The van der Waals surface area contributed by atoms with E-state index >= 15 is 0 Å². The molecule has 0 aromatic heterocycles. The van der Waals surface area contributed by atoms with Gasteiger partial charge in [0.05, 0.1) is 0 Å². The molecule has 1 aromatic carbocycles. The van der Waals surface area contributed by atoms with Crippen LogP contribution in [0.15, 0.2) is 42.5 Å². The van der Waals surface area contributed by atoms with Crippen molar-refractivity contribution in [1.82, 2.24) is 0 Å². The number of benzene rings is 1. The van der Waals surface area contributed by atoms with Crippen molar-refractivity contribution >= 4 is 11.6 Å². The Bertz CT molecular complexity index is 771. The van der Waals surface area contributed by atoms with Crippen molar-refractivity contribution in [2.45, 2.75) is 95.8 Å².